The number of nitrogens with zero attached hydrogens (tertiary/aromatic N) is 3. The molecular formula is C11H21N3O3S. The van der Waals surface area contributed by atoms with Crippen LogP contribution in [0.5, 0.6) is 0 Å². The fraction of sp³-hybridized carbons (Fsp3) is 0.818. The van der Waals surface area contributed by atoms with Crippen LogP contribution in [-0.2, 0) is 22.8 Å². The van der Waals surface area contributed by atoms with Crippen molar-refractivity contribution in [3.8, 4) is 0 Å². The molecule has 2 atom stereocenters. The van der Waals surface area contributed by atoms with Crippen molar-refractivity contribution in [1.82, 2.24) is 14.8 Å². The second-order valence-electron chi connectivity index (χ2n) is 5.06. The Morgan fingerprint density at radius 3 is 2.50 bits per heavy atom. The lowest BCUT2D eigenvalue weighted by Crippen LogP contribution is -2.33. The molecule has 0 bridgehead atoms. The quantitative estimate of drug-likeness (QED) is 0.805. The maximum Gasteiger partial charge on any atom is 0.152 e. The van der Waals surface area contributed by atoms with E-state index in [4.69, 9.17) is 0 Å². The molecular weight excluding hydrogens is 254 g/mol. The smallest absolute Gasteiger partial charge is 0.152 e. The van der Waals surface area contributed by atoms with Crippen molar-refractivity contribution < 1.29 is 13.5 Å². The van der Waals surface area contributed by atoms with Gasteiger partial charge >= 0.3 is 0 Å². The number of rotatable bonds is 6. The van der Waals surface area contributed by atoms with Gasteiger partial charge in [-0.3, -0.25) is 0 Å². The molecule has 1 aromatic heterocycles. The van der Waals surface area contributed by atoms with E-state index in [1.807, 2.05) is 0 Å². The summed E-state index contributed by atoms with van der Waals surface area (Å²) in [5.74, 6) is 1.03. The van der Waals surface area contributed by atoms with E-state index in [2.05, 4.69) is 23.9 Å². The van der Waals surface area contributed by atoms with Gasteiger partial charge in [-0.15, -0.1) is 0 Å². The predicted octanol–water partition coefficient (Wildman–Crippen LogP) is 0.271. The Balaban J connectivity index is 2.76. The Labute approximate surface area is 108 Å². The lowest BCUT2D eigenvalue weighted by atomic mass is 10.2. The van der Waals surface area contributed by atoms with Crippen molar-refractivity contribution in [1.29, 1.82) is 0 Å². The van der Waals surface area contributed by atoms with E-state index in [9.17, 15) is 13.5 Å². The molecule has 0 aromatic carbocycles. The van der Waals surface area contributed by atoms with Gasteiger partial charge in [0.2, 0.25) is 0 Å². The average molecular weight is 275 g/mol. The molecule has 1 aromatic rings. The topological polar surface area (TPSA) is 85.1 Å². The zero-order valence-electron chi connectivity index (χ0n) is 11.2. The summed E-state index contributed by atoms with van der Waals surface area (Å²) in [6.07, 6.45) is 1.78. The van der Waals surface area contributed by atoms with Crippen LogP contribution in [0.15, 0.2) is 6.33 Å². The zero-order chi connectivity index (χ0) is 13.9. The summed E-state index contributed by atoms with van der Waals surface area (Å²) in [5.41, 5.74) is 0. The first kappa shape index (κ1) is 15.1. The Morgan fingerprint density at radius 2 is 2.00 bits per heavy atom. The molecule has 0 aliphatic carbocycles. The number of hydrogen-bond acceptors (Lipinski definition) is 5. The average Bonchev–Trinajstić information content (AvgIpc) is 2.62. The van der Waals surface area contributed by atoms with Crippen molar-refractivity contribution in [2.75, 3.05) is 6.26 Å². The van der Waals surface area contributed by atoms with Crippen LogP contribution in [0.1, 0.15) is 26.6 Å². The first-order valence-corrected chi connectivity index (χ1v) is 7.91. The number of aliphatic hydroxyl groups is 1. The van der Waals surface area contributed by atoms with Gasteiger partial charge in [0.25, 0.3) is 0 Å². The van der Waals surface area contributed by atoms with Gasteiger partial charge in [-0.05, 0) is 12.8 Å². The standard InChI is InChI=1S/C11H21N3O3S/c1-8(2)6-14-11(12-7-13-14)5-10(15)9(3)18(4,16)17/h7-10,15H,5-6H2,1-4H3. The van der Waals surface area contributed by atoms with Gasteiger partial charge in [0.05, 0.1) is 11.4 Å². The van der Waals surface area contributed by atoms with Gasteiger partial charge in [0.15, 0.2) is 9.84 Å². The van der Waals surface area contributed by atoms with Crippen molar-refractivity contribution in [3.63, 3.8) is 0 Å². The minimum Gasteiger partial charge on any atom is -0.391 e. The molecule has 1 N–H and O–H groups in total. The molecule has 0 aliphatic heterocycles. The number of hydrogen-bond donors (Lipinski definition) is 1. The molecule has 104 valence electrons. The van der Waals surface area contributed by atoms with Crippen LogP contribution in [-0.4, -0.2) is 45.9 Å². The Hall–Kier alpha value is -0.950. The van der Waals surface area contributed by atoms with Crippen molar-refractivity contribution in [3.05, 3.63) is 12.2 Å². The summed E-state index contributed by atoms with van der Waals surface area (Å²) in [6, 6.07) is 0. The van der Waals surface area contributed by atoms with Crippen LogP contribution in [0.2, 0.25) is 0 Å². The van der Waals surface area contributed by atoms with E-state index in [1.54, 1.807) is 4.68 Å². The van der Waals surface area contributed by atoms with Crippen LogP contribution < -0.4 is 0 Å². The summed E-state index contributed by atoms with van der Waals surface area (Å²) < 4.78 is 24.4. The Kier molecular flexibility index (Phi) is 4.86. The van der Waals surface area contributed by atoms with Gasteiger partial charge < -0.3 is 5.11 Å². The maximum absolute atomic E-state index is 11.4. The molecule has 1 heterocycles. The van der Waals surface area contributed by atoms with E-state index >= 15 is 0 Å². The van der Waals surface area contributed by atoms with E-state index in [0.29, 0.717) is 18.3 Å². The summed E-state index contributed by atoms with van der Waals surface area (Å²) >= 11 is 0. The molecule has 2 unspecified atom stereocenters. The highest BCUT2D eigenvalue weighted by Crippen LogP contribution is 2.10. The third-order valence-corrected chi connectivity index (χ3v) is 4.51. The molecule has 0 saturated carbocycles. The molecule has 1 rings (SSSR count). The van der Waals surface area contributed by atoms with Gasteiger partial charge in [-0.2, -0.15) is 5.10 Å². The number of aromatic nitrogens is 3. The van der Waals surface area contributed by atoms with Gasteiger partial charge in [0, 0.05) is 19.2 Å². The van der Waals surface area contributed by atoms with E-state index in [0.717, 1.165) is 6.26 Å². The molecule has 0 spiro atoms. The third-order valence-electron chi connectivity index (χ3n) is 2.84. The van der Waals surface area contributed by atoms with Gasteiger partial charge in [0.1, 0.15) is 12.2 Å². The summed E-state index contributed by atoms with van der Waals surface area (Å²) in [5, 5.41) is 13.2. The van der Waals surface area contributed by atoms with Gasteiger partial charge in [-0.1, -0.05) is 13.8 Å². The monoisotopic (exact) mass is 275 g/mol. The Morgan fingerprint density at radius 1 is 1.39 bits per heavy atom. The highest BCUT2D eigenvalue weighted by atomic mass is 32.2. The lowest BCUT2D eigenvalue weighted by molar-refractivity contribution is 0.168. The summed E-state index contributed by atoms with van der Waals surface area (Å²) in [6.45, 7) is 6.32. The highest BCUT2D eigenvalue weighted by Gasteiger charge is 2.25. The Bertz CT molecular complexity index is 481. The normalized spacial score (nSPS) is 15.9. The second kappa shape index (κ2) is 5.79. The van der Waals surface area contributed by atoms with Crippen molar-refractivity contribution in [2.24, 2.45) is 5.92 Å². The zero-order valence-corrected chi connectivity index (χ0v) is 12.1. The highest BCUT2D eigenvalue weighted by molar-refractivity contribution is 7.91. The summed E-state index contributed by atoms with van der Waals surface area (Å²) in [4.78, 5) is 4.07. The van der Waals surface area contributed by atoms with Crippen LogP contribution in [0.3, 0.4) is 0 Å². The van der Waals surface area contributed by atoms with Crippen molar-refractivity contribution >= 4 is 9.84 Å². The summed E-state index contributed by atoms with van der Waals surface area (Å²) in [7, 11) is -3.25. The van der Waals surface area contributed by atoms with Crippen LogP contribution in [0.4, 0.5) is 0 Å². The second-order valence-corrected chi connectivity index (χ2v) is 7.46. The molecule has 0 amide bonds. The molecule has 6 nitrogen and oxygen atoms in total. The first-order chi connectivity index (χ1) is 8.21. The van der Waals surface area contributed by atoms with E-state index < -0.39 is 21.2 Å². The fourth-order valence-electron chi connectivity index (χ4n) is 1.58. The minimum absolute atomic E-state index is 0.195. The predicted molar refractivity (Wildman–Crippen MR) is 68.9 cm³/mol. The number of aliphatic hydroxyl groups excluding tert-OH is 1. The van der Waals surface area contributed by atoms with Crippen LogP contribution in [0.25, 0.3) is 0 Å². The maximum atomic E-state index is 11.4. The minimum atomic E-state index is -3.25. The first-order valence-electron chi connectivity index (χ1n) is 5.95. The lowest BCUT2D eigenvalue weighted by Gasteiger charge is -2.17. The number of sulfone groups is 1. The SMILES string of the molecule is CC(C)Cn1ncnc1CC(O)C(C)S(C)(=O)=O. The van der Waals surface area contributed by atoms with E-state index in [-0.39, 0.29) is 6.42 Å². The molecule has 0 aliphatic rings. The van der Waals surface area contributed by atoms with Crippen LogP contribution in [0, 0.1) is 5.92 Å². The van der Waals surface area contributed by atoms with Crippen molar-refractivity contribution in [2.45, 2.75) is 45.1 Å². The third kappa shape index (κ3) is 4.06. The van der Waals surface area contributed by atoms with E-state index in [1.165, 1.54) is 13.3 Å². The molecule has 18 heavy (non-hydrogen) atoms. The van der Waals surface area contributed by atoms with Crippen LogP contribution >= 0.6 is 0 Å². The molecule has 0 saturated heterocycles. The largest absolute Gasteiger partial charge is 0.391 e. The van der Waals surface area contributed by atoms with Gasteiger partial charge in [-0.25, -0.2) is 18.1 Å². The molecule has 0 radical (unpaired) electrons. The molecule has 0 fully saturated rings. The molecule has 7 heteroatoms. The fourth-order valence-corrected chi connectivity index (χ4v) is 2.25.